The van der Waals surface area contributed by atoms with Crippen molar-refractivity contribution in [1.29, 1.82) is 0 Å². The van der Waals surface area contributed by atoms with Gasteiger partial charge in [-0.15, -0.1) is 11.8 Å². The molecule has 1 N–H and O–H groups in total. The third kappa shape index (κ3) is 2.06. The highest BCUT2D eigenvalue weighted by atomic mass is 32.2. The third-order valence-electron chi connectivity index (χ3n) is 3.39. The zero-order chi connectivity index (χ0) is 11.6. The molecule has 1 aromatic rings. The summed E-state index contributed by atoms with van der Waals surface area (Å²) in [6, 6.07) is 6.54. The van der Waals surface area contributed by atoms with Crippen LogP contribution in [0.25, 0.3) is 0 Å². The van der Waals surface area contributed by atoms with Gasteiger partial charge in [-0.1, -0.05) is 6.07 Å². The first-order chi connectivity index (χ1) is 7.69. The number of hydrogen-bond acceptors (Lipinski definition) is 3. The summed E-state index contributed by atoms with van der Waals surface area (Å²) in [5, 5.41) is 3.58. The average molecular weight is 237 g/mol. The molecule has 2 nitrogen and oxygen atoms in total. The number of nitrogens with one attached hydrogen (secondary N) is 1. The molecule has 1 aliphatic heterocycles. The minimum Gasteiger partial charge on any atom is -0.496 e. The molecular weight excluding hydrogens is 218 g/mol. The Balaban J connectivity index is 2.35. The minimum atomic E-state index is 0.129. The second-order valence-corrected chi connectivity index (χ2v) is 5.28. The maximum absolute atomic E-state index is 5.43. The van der Waals surface area contributed by atoms with Gasteiger partial charge in [0.1, 0.15) is 5.75 Å². The Morgan fingerprint density at radius 2 is 2.25 bits per heavy atom. The second-order valence-electron chi connectivity index (χ2n) is 4.43. The number of rotatable bonds is 3. The predicted octanol–water partition coefficient (Wildman–Crippen LogP) is 3.02. The Labute approximate surface area is 102 Å². The number of benzene rings is 1. The van der Waals surface area contributed by atoms with E-state index in [4.69, 9.17) is 4.74 Å². The Kier molecular flexibility index (Phi) is 3.45. The van der Waals surface area contributed by atoms with Crippen molar-refractivity contribution in [2.75, 3.05) is 19.9 Å². The lowest BCUT2D eigenvalue weighted by Gasteiger charge is -2.25. The Morgan fingerprint density at radius 1 is 1.44 bits per heavy atom. The van der Waals surface area contributed by atoms with Crippen LogP contribution in [0.15, 0.2) is 23.1 Å². The lowest BCUT2D eigenvalue weighted by atomic mass is 9.90. The standard InChI is InChI=1S/C13H19NOS/c1-13(7-4-8-14-13)10-5-6-12(16-3)11(9-10)15-2/h5-6,9,14H,4,7-8H2,1-3H3. The van der Waals surface area contributed by atoms with E-state index < -0.39 is 0 Å². The zero-order valence-corrected chi connectivity index (χ0v) is 11.0. The van der Waals surface area contributed by atoms with Crippen LogP contribution in [-0.2, 0) is 5.54 Å². The summed E-state index contributed by atoms with van der Waals surface area (Å²) >= 11 is 1.72. The van der Waals surface area contributed by atoms with Crippen LogP contribution in [0, 0.1) is 0 Å². The topological polar surface area (TPSA) is 21.3 Å². The van der Waals surface area contributed by atoms with Gasteiger partial charge in [-0.05, 0) is 50.3 Å². The van der Waals surface area contributed by atoms with Crippen molar-refractivity contribution in [2.24, 2.45) is 0 Å². The molecule has 0 radical (unpaired) electrons. The lowest BCUT2D eigenvalue weighted by Crippen LogP contribution is -2.33. The fraction of sp³-hybridized carbons (Fsp3) is 0.538. The van der Waals surface area contributed by atoms with Gasteiger partial charge in [0.05, 0.1) is 7.11 Å². The molecule has 0 aliphatic carbocycles. The van der Waals surface area contributed by atoms with Gasteiger partial charge in [-0.3, -0.25) is 0 Å². The number of hydrogen-bond donors (Lipinski definition) is 1. The molecule has 1 aliphatic rings. The van der Waals surface area contributed by atoms with Gasteiger partial charge in [0.2, 0.25) is 0 Å². The molecule has 88 valence electrons. The summed E-state index contributed by atoms with van der Waals surface area (Å²) in [6.07, 6.45) is 4.53. The van der Waals surface area contributed by atoms with E-state index in [-0.39, 0.29) is 5.54 Å². The van der Waals surface area contributed by atoms with Crippen molar-refractivity contribution in [1.82, 2.24) is 5.32 Å². The highest BCUT2D eigenvalue weighted by molar-refractivity contribution is 7.98. The summed E-state index contributed by atoms with van der Waals surface area (Å²) in [7, 11) is 1.74. The van der Waals surface area contributed by atoms with E-state index in [1.54, 1.807) is 18.9 Å². The summed E-state index contributed by atoms with van der Waals surface area (Å²) in [5.74, 6) is 0.986. The maximum atomic E-state index is 5.43. The van der Waals surface area contributed by atoms with Gasteiger partial charge in [-0.25, -0.2) is 0 Å². The van der Waals surface area contributed by atoms with Crippen molar-refractivity contribution >= 4 is 11.8 Å². The highest BCUT2D eigenvalue weighted by Gasteiger charge is 2.30. The summed E-state index contributed by atoms with van der Waals surface area (Å²) in [6.45, 7) is 3.39. The minimum absolute atomic E-state index is 0.129. The van der Waals surface area contributed by atoms with Crippen molar-refractivity contribution in [3.05, 3.63) is 23.8 Å². The molecule has 1 saturated heterocycles. The normalized spacial score (nSPS) is 24.7. The van der Waals surface area contributed by atoms with Crippen molar-refractivity contribution in [2.45, 2.75) is 30.2 Å². The Morgan fingerprint density at radius 3 is 2.81 bits per heavy atom. The summed E-state index contributed by atoms with van der Waals surface area (Å²) in [5.41, 5.74) is 1.46. The molecule has 0 amide bonds. The fourth-order valence-corrected chi connectivity index (χ4v) is 2.87. The summed E-state index contributed by atoms with van der Waals surface area (Å²) < 4.78 is 5.43. The van der Waals surface area contributed by atoms with Crippen molar-refractivity contribution in [3.8, 4) is 5.75 Å². The van der Waals surface area contributed by atoms with Crippen LogP contribution in [0.1, 0.15) is 25.3 Å². The molecule has 1 heterocycles. The molecular formula is C13H19NOS. The first-order valence-corrected chi connectivity index (χ1v) is 6.89. The predicted molar refractivity (Wildman–Crippen MR) is 69.4 cm³/mol. The smallest absolute Gasteiger partial charge is 0.132 e. The van der Waals surface area contributed by atoms with Crippen LogP contribution >= 0.6 is 11.8 Å². The number of thioether (sulfide) groups is 1. The van der Waals surface area contributed by atoms with Crippen LogP contribution in [0.5, 0.6) is 5.75 Å². The first kappa shape index (κ1) is 11.8. The van der Waals surface area contributed by atoms with Crippen LogP contribution in [0.2, 0.25) is 0 Å². The van der Waals surface area contributed by atoms with Gasteiger partial charge in [0.15, 0.2) is 0 Å². The molecule has 0 spiro atoms. The quantitative estimate of drug-likeness (QED) is 0.817. The first-order valence-electron chi connectivity index (χ1n) is 5.67. The van der Waals surface area contributed by atoms with Gasteiger partial charge >= 0.3 is 0 Å². The van der Waals surface area contributed by atoms with Crippen LogP contribution in [0.3, 0.4) is 0 Å². The molecule has 3 heteroatoms. The van der Waals surface area contributed by atoms with Gasteiger partial charge in [0.25, 0.3) is 0 Å². The highest BCUT2D eigenvalue weighted by Crippen LogP contribution is 2.35. The molecule has 16 heavy (non-hydrogen) atoms. The maximum Gasteiger partial charge on any atom is 0.132 e. The molecule has 1 fully saturated rings. The number of ether oxygens (including phenoxy) is 1. The van der Waals surface area contributed by atoms with Gasteiger partial charge < -0.3 is 10.1 Å². The SMILES string of the molecule is COc1cc(C2(C)CCCN2)ccc1SC. The molecule has 1 aromatic carbocycles. The third-order valence-corrected chi connectivity index (χ3v) is 4.17. The van der Waals surface area contributed by atoms with Crippen LogP contribution in [-0.4, -0.2) is 19.9 Å². The van der Waals surface area contributed by atoms with E-state index in [2.05, 4.69) is 36.7 Å². The molecule has 0 saturated carbocycles. The van der Waals surface area contributed by atoms with Crippen LogP contribution in [0.4, 0.5) is 0 Å². The van der Waals surface area contributed by atoms with E-state index in [1.807, 2.05) is 0 Å². The number of methoxy groups -OCH3 is 1. The zero-order valence-electron chi connectivity index (χ0n) is 10.2. The van der Waals surface area contributed by atoms with Gasteiger partial charge in [0, 0.05) is 10.4 Å². The fourth-order valence-electron chi connectivity index (χ4n) is 2.32. The molecule has 0 aromatic heterocycles. The molecule has 2 rings (SSSR count). The average Bonchev–Trinajstić information content (AvgIpc) is 2.76. The Hall–Kier alpha value is -0.670. The Bertz CT molecular complexity index is 372. The molecule has 1 atom stereocenters. The van der Waals surface area contributed by atoms with E-state index in [1.165, 1.54) is 23.3 Å². The summed E-state index contributed by atoms with van der Waals surface area (Å²) in [4.78, 5) is 1.20. The molecule has 0 bridgehead atoms. The monoisotopic (exact) mass is 237 g/mol. The molecule has 1 unspecified atom stereocenters. The second kappa shape index (κ2) is 4.68. The lowest BCUT2D eigenvalue weighted by molar-refractivity contribution is 0.395. The van der Waals surface area contributed by atoms with Gasteiger partial charge in [-0.2, -0.15) is 0 Å². The van der Waals surface area contributed by atoms with E-state index in [0.717, 1.165) is 12.3 Å². The van der Waals surface area contributed by atoms with E-state index >= 15 is 0 Å². The van der Waals surface area contributed by atoms with E-state index in [0.29, 0.717) is 0 Å². The van der Waals surface area contributed by atoms with E-state index in [9.17, 15) is 0 Å². The van der Waals surface area contributed by atoms with Crippen molar-refractivity contribution < 1.29 is 4.74 Å². The largest absolute Gasteiger partial charge is 0.496 e. The van der Waals surface area contributed by atoms with Crippen molar-refractivity contribution in [3.63, 3.8) is 0 Å². The van der Waals surface area contributed by atoms with Crippen LogP contribution < -0.4 is 10.1 Å².